The highest BCUT2D eigenvalue weighted by atomic mass is 32.2. The van der Waals surface area contributed by atoms with Gasteiger partial charge in [0.05, 0.1) is 29.7 Å². The average molecular weight is 497 g/mol. The van der Waals surface area contributed by atoms with E-state index in [1.54, 1.807) is 37.6 Å². The third-order valence-electron chi connectivity index (χ3n) is 6.73. The van der Waals surface area contributed by atoms with Crippen molar-refractivity contribution in [1.82, 2.24) is 19.9 Å². The van der Waals surface area contributed by atoms with Gasteiger partial charge in [0.2, 0.25) is 0 Å². The third-order valence-corrected chi connectivity index (χ3v) is 7.76. The Morgan fingerprint density at radius 2 is 2.14 bits per heavy atom. The minimum Gasteiger partial charge on any atom is -0.497 e. The molecule has 1 aliphatic rings. The summed E-state index contributed by atoms with van der Waals surface area (Å²) >= 11 is 1.69. The summed E-state index contributed by atoms with van der Waals surface area (Å²) < 4.78 is 5.33. The molecule has 2 aromatic heterocycles. The predicted molar refractivity (Wildman–Crippen MR) is 136 cm³/mol. The van der Waals surface area contributed by atoms with Gasteiger partial charge in [0.1, 0.15) is 12.1 Å². The number of pyridine rings is 1. The number of methoxy groups -OCH3 is 1. The van der Waals surface area contributed by atoms with Crippen LogP contribution in [0.3, 0.4) is 0 Å². The number of hydrogen-bond donors (Lipinski definition) is 2. The number of carboxylic acid groups (broad SMARTS) is 1. The first-order valence-corrected chi connectivity index (χ1v) is 13.0. The van der Waals surface area contributed by atoms with Crippen LogP contribution in [0.15, 0.2) is 54.1 Å². The van der Waals surface area contributed by atoms with Gasteiger partial charge in [-0.15, -0.1) is 11.8 Å². The van der Waals surface area contributed by atoms with E-state index in [0.29, 0.717) is 25.1 Å². The van der Waals surface area contributed by atoms with E-state index < -0.39 is 18.0 Å². The number of aliphatic carboxylic acids is 1. The Morgan fingerprint density at radius 1 is 1.26 bits per heavy atom. The second-order valence-electron chi connectivity index (χ2n) is 8.92. The van der Waals surface area contributed by atoms with E-state index in [0.717, 1.165) is 53.2 Å². The lowest BCUT2D eigenvalue weighted by Gasteiger charge is -2.37. The Kier molecular flexibility index (Phi) is 8.90. The molecule has 3 heterocycles. The second-order valence-corrected chi connectivity index (χ2v) is 10.0. The fourth-order valence-electron chi connectivity index (χ4n) is 4.82. The van der Waals surface area contributed by atoms with Crippen LogP contribution in [0, 0.1) is 11.8 Å². The van der Waals surface area contributed by atoms with Gasteiger partial charge in [-0.05, 0) is 80.6 Å². The van der Waals surface area contributed by atoms with Crippen molar-refractivity contribution in [2.75, 3.05) is 32.5 Å². The van der Waals surface area contributed by atoms with Gasteiger partial charge in [0, 0.05) is 30.1 Å². The number of aliphatic hydroxyl groups excluding tert-OH is 1. The van der Waals surface area contributed by atoms with E-state index in [1.165, 1.54) is 0 Å². The standard InChI is InChI=1S/C26H32N4O4S/c1-34-19-4-5-23-21(15-19)20(7-11-28-23)24(31)6-3-18-9-13-30(16-22(18)26(32)33)12-2-14-35-25-8-10-27-17-29-25/h4-5,7-8,10-11,15,17-18,22,24,31H,2-3,6,9,12-14,16H2,1H3,(H,32,33)/t18-,22+,24-/m1/s1. The highest BCUT2D eigenvalue weighted by Crippen LogP contribution is 2.34. The third kappa shape index (κ3) is 6.68. The summed E-state index contributed by atoms with van der Waals surface area (Å²) in [5, 5.41) is 22.7. The summed E-state index contributed by atoms with van der Waals surface area (Å²) in [5.41, 5.74) is 1.61. The average Bonchev–Trinajstić information content (AvgIpc) is 2.89. The summed E-state index contributed by atoms with van der Waals surface area (Å²) in [5.74, 6) is 0.540. The maximum Gasteiger partial charge on any atom is 0.308 e. The van der Waals surface area contributed by atoms with Gasteiger partial charge in [0.15, 0.2) is 0 Å². The quantitative estimate of drug-likeness (QED) is 0.231. The van der Waals surface area contributed by atoms with Crippen LogP contribution in [0.1, 0.15) is 37.4 Å². The van der Waals surface area contributed by atoms with E-state index in [4.69, 9.17) is 4.74 Å². The minimum atomic E-state index is -0.747. The Hall–Kier alpha value is -2.75. The first kappa shape index (κ1) is 25.3. The Labute approximate surface area is 209 Å². The summed E-state index contributed by atoms with van der Waals surface area (Å²) in [6.07, 6.45) is 7.30. The smallest absolute Gasteiger partial charge is 0.308 e. The summed E-state index contributed by atoms with van der Waals surface area (Å²) in [4.78, 5) is 26.8. The molecule has 0 saturated carbocycles. The Morgan fingerprint density at radius 3 is 2.91 bits per heavy atom. The normalized spacial score (nSPS) is 19.5. The highest BCUT2D eigenvalue weighted by Gasteiger charge is 2.34. The fourth-order valence-corrected chi connectivity index (χ4v) is 5.58. The van der Waals surface area contributed by atoms with E-state index in [9.17, 15) is 15.0 Å². The van der Waals surface area contributed by atoms with Gasteiger partial charge in [-0.2, -0.15) is 0 Å². The molecule has 0 radical (unpaired) electrons. The molecule has 0 aliphatic carbocycles. The van der Waals surface area contributed by atoms with Gasteiger partial charge in [-0.25, -0.2) is 9.97 Å². The molecule has 0 amide bonds. The molecule has 35 heavy (non-hydrogen) atoms. The first-order chi connectivity index (χ1) is 17.0. The van der Waals surface area contributed by atoms with Crippen LogP contribution in [0.4, 0.5) is 0 Å². The van der Waals surface area contributed by atoms with Crippen LogP contribution in [-0.2, 0) is 4.79 Å². The molecule has 0 unspecified atom stereocenters. The van der Waals surface area contributed by atoms with Gasteiger partial charge in [-0.3, -0.25) is 9.78 Å². The number of benzene rings is 1. The number of fused-ring (bicyclic) bond motifs is 1. The van der Waals surface area contributed by atoms with Crippen molar-refractivity contribution in [2.24, 2.45) is 11.8 Å². The van der Waals surface area contributed by atoms with Crippen LogP contribution < -0.4 is 4.74 Å². The molecule has 1 fully saturated rings. The van der Waals surface area contributed by atoms with Gasteiger partial charge in [-0.1, -0.05) is 0 Å². The molecule has 1 aliphatic heterocycles. The first-order valence-electron chi connectivity index (χ1n) is 12.0. The molecule has 0 bridgehead atoms. The molecule has 1 aromatic carbocycles. The zero-order valence-corrected chi connectivity index (χ0v) is 20.7. The molecule has 3 aromatic rings. The number of likely N-dealkylation sites (tertiary alicyclic amines) is 1. The predicted octanol–water partition coefficient (Wildman–Crippen LogP) is 4.05. The van der Waals surface area contributed by atoms with E-state index in [1.807, 2.05) is 30.3 Å². The largest absolute Gasteiger partial charge is 0.497 e. The lowest BCUT2D eigenvalue weighted by molar-refractivity contribution is -0.146. The van der Waals surface area contributed by atoms with Crippen molar-refractivity contribution in [1.29, 1.82) is 0 Å². The number of thioether (sulfide) groups is 1. The van der Waals surface area contributed by atoms with E-state index in [2.05, 4.69) is 19.9 Å². The molecular formula is C26H32N4O4S. The van der Waals surface area contributed by atoms with E-state index >= 15 is 0 Å². The van der Waals surface area contributed by atoms with Crippen molar-refractivity contribution in [3.63, 3.8) is 0 Å². The zero-order chi connectivity index (χ0) is 24.6. The number of hydrogen-bond acceptors (Lipinski definition) is 8. The molecule has 8 nitrogen and oxygen atoms in total. The van der Waals surface area contributed by atoms with Crippen molar-refractivity contribution in [3.05, 3.63) is 54.6 Å². The second kappa shape index (κ2) is 12.3. The topological polar surface area (TPSA) is 109 Å². The van der Waals surface area contributed by atoms with Crippen molar-refractivity contribution >= 4 is 28.6 Å². The summed E-state index contributed by atoms with van der Waals surface area (Å²) in [6, 6.07) is 9.36. The monoisotopic (exact) mass is 496 g/mol. The Bertz CT molecular complexity index is 1120. The van der Waals surface area contributed by atoms with Crippen LogP contribution >= 0.6 is 11.8 Å². The maximum absolute atomic E-state index is 12.1. The van der Waals surface area contributed by atoms with Crippen LogP contribution in [0.2, 0.25) is 0 Å². The number of carbonyl (C=O) groups is 1. The zero-order valence-electron chi connectivity index (χ0n) is 19.9. The highest BCUT2D eigenvalue weighted by molar-refractivity contribution is 7.99. The van der Waals surface area contributed by atoms with Crippen molar-refractivity contribution in [3.8, 4) is 5.75 Å². The number of aliphatic hydroxyl groups is 1. The number of carboxylic acids is 1. The molecular weight excluding hydrogens is 464 g/mol. The minimum absolute atomic E-state index is 0.0523. The summed E-state index contributed by atoms with van der Waals surface area (Å²) in [7, 11) is 1.61. The molecule has 2 N–H and O–H groups in total. The van der Waals surface area contributed by atoms with Crippen LogP contribution in [0.25, 0.3) is 10.9 Å². The van der Waals surface area contributed by atoms with Crippen molar-refractivity contribution in [2.45, 2.75) is 36.8 Å². The lowest BCUT2D eigenvalue weighted by Crippen LogP contribution is -2.44. The SMILES string of the molecule is COc1ccc2nccc([C@H](O)CC[C@@H]3CCN(CCCSc4ccncn4)C[C@@H]3C(=O)O)c2c1. The van der Waals surface area contributed by atoms with Crippen molar-refractivity contribution < 1.29 is 19.7 Å². The summed E-state index contributed by atoms with van der Waals surface area (Å²) in [6.45, 7) is 2.32. The Balaban J connectivity index is 1.30. The van der Waals surface area contributed by atoms with E-state index in [-0.39, 0.29) is 5.92 Å². The molecule has 0 spiro atoms. The van der Waals surface area contributed by atoms with Gasteiger partial charge < -0.3 is 19.8 Å². The van der Waals surface area contributed by atoms with Gasteiger partial charge >= 0.3 is 5.97 Å². The van der Waals surface area contributed by atoms with Crippen LogP contribution in [0.5, 0.6) is 5.75 Å². The van der Waals surface area contributed by atoms with Gasteiger partial charge in [0.25, 0.3) is 0 Å². The number of nitrogens with zero attached hydrogens (tertiary/aromatic N) is 4. The molecule has 1 saturated heterocycles. The number of rotatable bonds is 11. The molecule has 9 heteroatoms. The fraction of sp³-hybridized carbons (Fsp3) is 0.462. The maximum atomic E-state index is 12.1. The number of ether oxygens (including phenoxy) is 1. The molecule has 186 valence electrons. The lowest BCUT2D eigenvalue weighted by atomic mass is 9.81. The van der Waals surface area contributed by atoms with Crippen LogP contribution in [-0.4, -0.2) is 68.5 Å². The molecule has 3 atom stereocenters. The molecule has 4 rings (SSSR count). The number of aromatic nitrogens is 3. The number of piperidine rings is 1.